The van der Waals surface area contributed by atoms with Gasteiger partial charge < -0.3 is 19.9 Å². The molecule has 34 heavy (non-hydrogen) atoms. The van der Waals surface area contributed by atoms with Crippen molar-refractivity contribution < 1.29 is 14.3 Å². The number of anilines is 1. The van der Waals surface area contributed by atoms with Gasteiger partial charge in [-0.3, -0.25) is 9.59 Å². The molecule has 1 aliphatic carbocycles. The first-order valence-electron chi connectivity index (χ1n) is 12.6. The van der Waals surface area contributed by atoms with Gasteiger partial charge in [0.25, 0.3) is 5.91 Å². The Kier molecular flexibility index (Phi) is 5.32. The zero-order valence-corrected chi connectivity index (χ0v) is 21.9. The number of amides is 1. The Balaban J connectivity index is 1.22. The Labute approximate surface area is 208 Å². The van der Waals surface area contributed by atoms with E-state index in [4.69, 9.17) is 17.0 Å². The van der Waals surface area contributed by atoms with Gasteiger partial charge in [0.05, 0.1) is 5.41 Å². The van der Waals surface area contributed by atoms with Crippen molar-refractivity contribution in [3.05, 3.63) is 29.3 Å². The van der Waals surface area contributed by atoms with Crippen LogP contribution < -0.4 is 5.32 Å². The van der Waals surface area contributed by atoms with Gasteiger partial charge in [-0.15, -0.1) is 0 Å². The van der Waals surface area contributed by atoms with Crippen molar-refractivity contribution >= 4 is 34.9 Å². The van der Waals surface area contributed by atoms with Gasteiger partial charge in [-0.1, -0.05) is 19.9 Å². The SMILES string of the molecule is Cc1cc(C)cc(NC(=S)N2CCC3(CCN(C(=O)[C@@]45CC[C@@](C)(C(=O)O4)C5(C)C)C3)CC2)c1. The molecule has 1 aromatic rings. The second kappa shape index (κ2) is 7.67. The number of nitrogens with zero attached hydrogens (tertiary/aromatic N) is 2. The topological polar surface area (TPSA) is 61.9 Å². The lowest BCUT2D eigenvalue weighted by molar-refractivity contribution is -0.173. The van der Waals surface area contributed by atoms with Crippen LogP contribution in [-0.2, 0) is 14.3 Å². The maximum absolute atomic E-state index is 13.8. The number of carbonyl (C=O) groups excluding carboxylic acids is 2. The lowest BCUT2D eigenvalue weighted by Gasteiger charge is -2.41. The number of thiocarbonyl (C=S) groups is 1. The molecule has 1 aromatic carbocycles. The van der Waals surface area contributed by atoms with E-state index in [1.165, 1.54) is 11.1 Å². The summed E-state index contributed by atoms with van der Waals surface area (Å²) in [6.45, 7) is 13.5. The van der Waals surface area contributed by atoms with Crippen LogP contribution >= 0.6 is 12.2 Å². The molecule has 1 spiro atoms. The minimum atomic E-state index is -0.998. The molecule has 2 bridgehead atoms. The summed E-state index contributed by atoms with van der Waals surface area (Å²) < 4.78 is 5.87. The van der Waals surface area contributed by atoms with Crippen molar-refractivity contribution in [2.75, 3.05) is 31.5 Å². The average Bonchev–Trinajstić information content (AvgIpc) is 3.31. The highest BCUT2D eigenvalue weighted by molar-refractivity contribution is 7.80. The molecule has 1 N–H and O–H groups in total. The van der Waals surface area contributed by atoms with Crippen molar-refractivity contribution in [1.82, 2.24) is 9.80 Å². The molecule has 6 nitrogen and oxygen atoms in total. The minimum Gasteiger partial charge on any atom is -0.448 e. The zero-order valence-electron chi connectivity index (χ0n) is 21.1. The maximum Gasteiger partial charge on any atom is 0.313 e. The molecule has 2 atom stereocenters. The van der Waals surface area contributed by atoms with E-state index in [9.17, 15) is 9.59 Å². The van der Waals surface area contributed by atoms with Gasteiger partial charge in [-0.05, 0) is 93.8 Å². The van der Waals surface area contributed by atoms with Crippen LogP contribution in [-0.4, -0.2) is 58.6 Å². The summed E-state index contributed by atoms with van der Waals surface area (Å²) in [7, 11) is 0. The van der Waals surface area contributed by atoms with E-state index < -0.39 is 16.4 Å². The van der Waals surface area contributed by atoms with Crippen molar-refractivity contribution in [3.63, 3.8) is 0 Å². The van der Waals surface area contributed by atoms with Crippen LogP contribution in [0.4, 0.5) is 5.69 Å². The number of esters is 1. The summed E-state index contributed by atoms with van der Waals surface area (Å²) in [6.07, 6.45) is 4.39. The second-order valence-electron chi connectivity index (χ2n) is 11.9. The van der Waals surface area contributed by atoms with Crippen molar-refractivity contribution in [1.29, 1.82) is 0 Å². The van der Waals surface area contributed by atoms with Crippen LogP contribution in [0.25, 0.3) is 0 Å². The van der Waals surface area contributed by atoms with Crippen LogP contribution in [0.3, 0.4) is 0 Å². The van der Waals surface area contributed by atoms with Crippen molar-refractivity contribution in [3.8, 4) is 0 Å². The first-order valence-corrected chi connectivity index (χ1v) is 13.0. The third-order valence-electron chi connectivity index (χ3n) is 9.74. The molecule has 4 aliphatic rings. The number of benzene rings is 1. The highest BCUT2D eigenvalue weighted by atomic mass is 32.1. The fourth-order valence-electron chi connectivity index (χ4n) is 6.93. The predicted octanol–water partition coefficient (Wildman–Crippen LogP) is 4.44. The number of carbonyl (C=O) groups is 2. The summed E-state index contributed by atoms with van der Waals surface area (Å²) in [4.78, 5) is 30.7. The van der Waals surface area contributed by atoms with E-state index in [2.05, 4.69) is 42.3 Å². The molecule has 1 saturated carbocycles. The van der Waals surface area contributed by atoms with Crippen LogP contribution in [0.1, 0.15) is 64.0 Å². The fraction of sp³-hybridized carbons (Fsp3) is 0.667. The smallest absolute Gasteiger partial charge is 0.313 e. The molecule has 7 heteroatoms. The number of piperidine rings is 1. The van der Waals surface area contributed by atoms with E-state index in [0.29, 0.717) is 6.42 Å². The number of fused-ring (bicyclic) bond motifs is 2. The summed E-state index contributed by atoms with van der Waals surface area (Å²) in [5.74, 6) is -0.178. The molecular weight excluding hydrogens is 446 g/mol. The first kappa shape index (κ1) is 23.6. The molecule has 0 radical (unpaired) electrons. The summed E-state index contributed by atoms with van der Waals surface area (Å²) in [6, 6.07) is 6.40. The number of likely N-dealkylation sites (tertiary alicyclic amines) is 2. The molecule has 1 amide bonds. The van der Waals surface area contributed by atoms with E-state index in [1.54, 1.807) is 0 Å². The molecule has 0 aromatic heterocycles. The van der Waals surface area contributed by atoms with Crippen LogP contribution in [0.15, 0.2) is 18.2 Å². The predicted molar refractivity (Wildman–Crippen MR) is 137 cm³/mol. The molecule has 5 rings (SSSR count). The third-order valence-corrected chi connectivity index (χ3v) is 10.1. The van der Waals surface area contributed by atoms with Gasteiger partial charge in [-0.2, -0.15) is 0 Å². The van der Waals surface area contributed by atoms with Gasteiger partial charge in [0, 0.05) is 37.3 Å². The minimum absolute atomic E-state index is 0.0263. The molecule has 3 aliphatic heterocycles. The monoisotopic (exact) mass is 483 g/mol. The second-order valence-corrected chi connectivity index (χ2v) is 12.3. The standard InChI is InChI=1S/C27H37N3O3S/c1-18-14-19(2)16-20(15-18)28-23(34)29-11-8-26(9-12-29)10-13-30(17-26)21(31)27-7-6-25(5,22(32)33-27)24(27,3)4/h14-16H,6-13,17H2,1-5H3,(H,28,34)/t25-,27+/m0/s1. The quantitative estimate of drug-likeness (QED) is 0.496. The number of nitrogens with one attached hydrogen (secondary N) is 1. The Morgan fingerprint density at radius 3 is 2.06 bits per heavy atom. The van der Waals surface area contributed by atoms with Crippen molar-refractivity contribution in [2.24, 2.45) is 16.2 Å². The summed E-state index contributed by atoms with van der Waals surface area (Å²) in [5, 5.41) is 4.19. The van der Waals surface area contributed by atoms with Crippen molar-refractivity contribution in [2.45, 2.75) is 72.3 Å². The summed E-state index contributed by atoms with van der Waals surface area (Å²) in [5.41, 5.74) is 1.56. The molecule has 4 fully saturated rings. The number of ether oxygens (including phenoxy) is 1. The Bertz CT molecular complexity index is 1040. The van der Waals surface area contributed by atoms with Crippen LogP contribution in [0.5, 0.6) is 0 Å². The van der Waals surface area contributed by atoms with Gasteiger partial charge in [-0.25, -0.2) is 0 Å². The van der Waals surface area contributed by atoms with E-state index in [1.807, 2.05) is 25.7 Å². The molecule has 0 unspecified atom stereocenters. The Morgan fingerprint density at radius 1 is 0.941 bits per heavy atom. The fourth-order valence-corrected chi connectivity index (χ4v) is 7.23. The van der Waals surface area contributed by atoms with E-state index in [-0.39, 0.29) is 17.3 Å². The normalized spacial score (nSPS) is 31.1. The highest BCUT2D eigenvalue weighted by Gasteiger charge is 2.76. The lowest BCUT2D eigenvalue weighted by atomic mass is 9.66. The summed E-state index contributed by atoms with van der Waals surface area (Å²) >= 11 is 5.73. The molecule has 3 saturated heterocycles. The van der Waals surface area contributed by atoms with E-state index in [0.717, 1.165) is 62.7 Å². The number of hydrogen-bond donors (Lipinski definition) is 1. The average molecular weight is 484 g/mol. The Morgan fingerprint density at radius 2 is 1.53 bits per heavy atom. The molecule has 3 heterocycles. The molecule has 184 valence electrons. The van der Waals surface area contributed by atoms with Crippen LogP contribution in [0, 0.1) is 30.1 Å². The number of hydrogen-bond acceptors (Lipinski definition) is 4. The van der Waals surface area contributed by atoms with Gasteiger partial charge in [0.2, 0.25) is 0 Å². The molecular formula is C27H37N3O3S. The first-order chi connectivity index (χ1) is 15.9. The van der Waals surface area contributed by atoms with E-state index >= 15 is 0 Å². The van der Waals surface area contributed by atoms with Gasteiger partial charge >= 0.3 is 5.97 Å². The van der Waals surface area contributed by atoms with Gasteiger partial charge in [0.1, 0.15) is 0 Å². The van der Waals surface area contributed by atoms with Gasteiger partial charge in [0.15, 0.2) is 10.7 Å². The number of rotatable bonds is 2. The number of aryl methyl sites for hydroxylation is 2. The lowest BCUT2D eigenvalue weighted by Crippen LogP contribution is -2.55. The van der Waals surface area contributed by atoms with Crippen LogP contribution in [0.2, 0.25) is 0 Å². The third kappa shape index (κ3) is 3.29. The highest BCUT2D eigenvalue weighted by Crippen LogP contribution is 2.66. The zero-order chi connectivity index (χ0) is 24.5. The largest absolute Gasteiger partial charge is 0.448 e. The Hall–Kier alpha value is -2.15. The maximum atomic E-state index is 13.8.